The number of hydrogen-bond donors (Lipinski definition) is 4. The fraction of sp³-hybridized carbons (Fsp3) is 0.700. The molecule has 8 nitrogen and oxygen atoms in total. The third-order valence-corrected chi connectivity index (χ3v) is 7.27. The summed E-state index contributed by atoms with van der Waals surface area (Å²) in [4.78, 5) is 41.9. The number of rotatable bonds is 14. The Hall–Kier alpha value is -2.42. The van der Waals surface area contributed by atoms with Gasteiger partial charge in [-0.1, -0.05) is 70.4 Å². The van der Waals surface area contributed by atoms with E-state index in [9.17, 15) is 19.5 Å². The highest BCUT2D eigenvalue weighted by Crippen LogP contribution is 2.28. The molecule has 3 amide bonds. The van der Waals surface area contributed by atoms with Gasteiger partial charge in [0.05, 0.1) is 0 Å². The Bertz CT molecular complexity index is 914. The van der Waals surface area contributed by atoms with Crippen molar-refractivity contribution in [3.8, 4) is 5.75 Å². The average Bonchev–Trinajstić information content (AvgIpc) is 2.87. The van der Waals surface area contributed by atoms with Crippen molar-refractivity contribution < 1.29 is 24.2 Å². The van der Waals surface area contributed by atoms with Crippen LogP contribution in [-0.4, -0.2) is 57.9 Å². The molecular weight excluding hydrogens is 514 g/mol. The van der Waals surface area contributed by atoms with E-state index in [-0.39, 0.29) is 23.5 Å². The first-order chi connectivity index (χ1) is 18.6. The number of phenols is 1. The molecule has 1 aromatic carbocycles. The minimum Gasteiger partial charge on any atom is -0.508 e. The number of aromatic hydroxyl groups is 1. The first-order valence-corrected chi connectivity index (χ1v) is 15.2. The maximum absolute atomic E-state index is 14.0. The molecule has 3 N–H and O–H groups in total. The van der Waals surface area contributed by atoms with E-state index in [4.69, 9.17) is 4.74 Å². The van der Waals surface area contributed by atoms with Crippen LogP contribution in [0, 0.1) is 0 Å². The fourth-order valence-electron chi connectivity index (χ4n) is 4.96. The largest absolute Gasteiger partial charge is 0.508 e. The standard InChI is InChI=1S/C30H49N3O5S/c1-5-6-7-8-9-13-19-33(28(36)25(21-39)32-29(37)38-30(2,3)4)26(22-15-14-18-24(34)20-22)27(35)31-23-16-11-10-12-17-23/h14-15,18,20,23,25-26,34,39H,5-13,16-17,19,21H2,1-4H3,(H,31,35)(H,32,37). The highest BCUT2D eigenvalue weighted by atomic mass is 32.1. The van der Waals surface area contributed by atoms with Crippen molar-refractivity contribution in [3.05, 3.63) is 29.8 Å². The SMILES string of the molecule is CCCCCCCCN(C(=O)C(CS)NC(=O)OC(C)(C)C)C(C(=O)NC1CCCCC1)c1cccc(O)c1. The number of nitrogens with one attached hydrogen (secondary N) is 2. The van der Waals surface area contributed by atoms with Crippen LogP contribution in [0.15, 0.2) is 24.3 Å². The molecule has 220 valence electrons. The predicted octanol–water partition coefficient (Wildman–Crippen LogP) is 5.89. The topological polar surface area (TPSA) is 108 Å². The van der Waals surface area contributed by atoms with Gasteiger partial charge in [0.2, 0.25) is 11.8 Å². The van der Waals surface area contributed by atoms with E-state index in [0.29, 0.717) is 18.5 Å². The molecule has 0 aromatic heterocycles. The number of unbranched alkanes of at least 4 members (excludes halogenated alkanes) is 5. The zero-order valence-electron chi connectivity index (χ0n) is 24.2. The second-order valence-corrected chi connectivity index (χ2v) is 11.9. The normalized spacial score (nSPS) is 15.7. The fourth-order valence-corrected chi connectivity index (χ4v) is 5.21. The molecule has 0 radical (unpaired) electrons. The minimum atomic E-state index is -0.981. The van der Waals surface area contributed by atoms with Crippen LogP contribution >= 0.6 is 12.6 Å². The molecule has 2 unspecified atom stereocenters. The van der Waals surface area contributed by atoms with E-state index < -0.39 is 29.7 Å². The van der Waals surface area contributed by atoms with Gasteiger partial charge in [-0.3, -0.25) is 9.59 Å². The van der Waals surface area contributed by atoms with Crippen molar-refractivity contribution in [2.45, 2.75) is 122 Å². The molecule has 0 spiro atoms. The van der Waals surface area contributed by atoms with E-state index >= 15 is 0 Å². The Kier molecular flexibility index (Phi) is 14.0. The van der Waals surface area contributed by atoms with Crippen molar-refractivity contribution in [2.24, 2.45) is 0 Å². The number of nitrogens with zero attached hydrogens (tertiary/aromatic N) is 1. The summed E-state index contributed by atoms with van der Waals surface area (Å²) in [5, 5.41) is 16.1. The molecule has 2 atom stereocenters. The first-order valence-electron chi connectivity index (χ1n) is 14.6. The third-order valence-electron chi connectivity index (χ3n) is 6.90. The number of carbonyl (C=O) groups is 3. The maximum atomic E-state index is 14.0. The van der Waals surface area contributed by atoms with E-state index in [1.54, 1.807) is 43.9 Å². The molecule has 2 rings (SSSR count). The summed E-state index contributed by atoms with van der Waals surface area (Å²) in [6.07, 6.45) is 10.5. The number of carbonyl (C=O) groups excluding carboxylic acids is 3. The predicted molar refractivity (Wildman–Crippen MR) is 158 cm³/mol. The van der Waals surface area contributed by atoms with Crippen molar-refractivity contribution >= 4 is 30.5 Å². The van der Waals surface area contributed by atoms with Gasteiger partial charge in [-0.05, 0) is 57.7 Å². The van der Waals surface area contributed by atoms with Crippen molar-refractivity contribution in [2.75, 3.05) is 12.3 Å². The van der Waals surface area contributed by atoms with Gasteiger partial charge in [0.15, 0.2) is 0 Å². The molecule has 0 saturated heterocycles. The quantitative estimate of drug-likeness (QED) is 0.167. The Morgan fingerprint density at radius 3 is 2.36 bits per heavy atom. The number of amides is 3. The van der Waals surface area contributed by atoms with Gasteiger partial charge in [0, 0.05) is 18.3 Å². The maximum Gasteiger partial charge on any atom is 0.408 e. The van der Waals surface area contributed by atoms with Crippen LogP contribution in [0.2, 0.25) is 0 Å². The number of thiol groups is 1. The highest BCUT2D eigenvalue weighted by molar-refractivity contribution is 7.80. The van der Waals surface area contributed by atoms with Gasteiger partial charge in [-0.15, -0.1) is 0 Å². The van der Waals surface area contributed by atoms with E-state index in [1.807, 2.05) is 0 Å². The highest BCUT2D eigenvalue weighted by Gasteiger charge is 2.36. The lowest BCUT2D eigenvalue weighted by Crippen LogP contribution is -2.54. The van der Waals surface area contributed by atoms with Gasteiger partial charge in [0.25, 0.3) is 0 Å². The van der Waals surface area contributed by atoms with Crippen LogP contribution in [-0.2, 0) is 14.3 Å². The van der Waals surface area contributed by atoms with Crippen LogP contribution in [0.1, 0.15) is 110 Å². The van der Waals surface area contributed by atoms with Crippen LogP contribution in [0.4, 0.5) is 4.79 Å². The summed E-state index contributed by atoms with van der Waals surface area (Å²) < 4.78 is 5.38. The molecule has 1 saturated carbocycles. The van der Waals surface area contributed by atoms with Crippen LogP contribution in [0.5, 0.6) is 5.75 Å². The first kappa shape index (κ1) is 32.8. The molecule has 0 bridgehead atoms. The lowest BCUT2D eigenvalue weighted by atomic mass is 9.94. The van der Waals surface area contributed by atoms with Gasteiger partial charge < -0.3 is 25.4 Å². The average molecular weight is 564 g/mol. The number of phenolic OH excluding ortho intramolecular Hbond substituents is 1. The second-order valence-electron chi connectivity index (χ2n) is 11.5. The smallest absolute Gasteiger partial charge is 0.408 e. The molecule has 0 heterocycles. The van der Waals surface area contributed by atoms with Crippen molar-refractivity contribution in [1.82, 2.24) is 15.5 Å². The molecule has 0 aliphatic heterocycles. The molecule has 39 heavy (non-hydrogen) atoms. The molecule has 1 fully saturated rings. The Morgan fingerprint density at radius 2 is 1.74 bits per heavy atom. The Labute approximate surface area is 240 Å². The lowest BCUT2D eigenvalue weighted by Gasteiger charge is -2.35. The number of benzene rings is 1. The summed E-state index contributed by atoms with van der Waals surface area (Å²) in [6, 6.07) is 4.62. The van der Waals surface area contributed by atoms with E-state index in [2.05, 4.69) is 30.2 Å². The van der Waals surface area contributed by atoms with Crippen molar-refractivity contribution in [1.29, 1.82) is 0 Å². The molecular formula is C30H49N3O5S. The van der Waals surface area contributed by atoms with Gasteiger partial charge in [-0.25, -0.2) is 4.79 Å². The summed E-state index contributed by atoms with van der Waals surface area (Å²) in [5.74, 6) is -0.617. The molecule has 1 aliphatic carbocycles. The van der Waals surface area contributed by atoms with Crippen LogP contribution < -0.4 is 10.6 Å². The summed E-state index contributed by atoms with van der Waals surface area (Å²) in [6.45, 7) is 7.76. The molecule has 9 heteroatoms. The molecule has 1 aliphatic rings. The van der Waals surface area contributed by atoms with Crippen LogP contribution in [0.3, 0.4) is 0 Å². The van der Waals surface area contributed by atoms with E-state index in [0.717, 1.165) is 57.8 Å². The van der Waals surface area contributed by atoms with Gasteiger partial charge in [-0.2, -0.15) is 12.6 Å². The summed E-state index contributed by atoms with van der Waals surface area (Å²) in [5.41, 5.74) is -0.200. The Morgan fingerprint density at radius 1 is 1.08 bits per heavy atom. The molecule has 1 aromatic rings. The number of hydrogen-bond acceptors (Lipinski definition) is 6. The zero-order valence-corrected chi connectivity index (χ0v) is 25.1. The monoisotopic (exact) mass is 563 g/mol. The minimum absolute atomic E-state index is 0.0209. The number of alkyl carbamates (subject to hydrolysis) is 1. The van der Waals surface area contributed by atoms with Gasteiger partial charge >= 0.3 is 6.09 Å². The van der Waals surface area contributed by atoms with Crippen LogP contribution in [0.25, 0.3) is 0 Å². The Balaban J connectivity index is 2.36. The number of ether oxygens (including phenoxy) is 1. The zero-order chi connectivity index (χ0) is 28.8. The third kappa shape index (κ3) is 11.7. The summed E-state index contributed by atoms with van der Waals surface area (Å²) >= 11 is 4.36. The summed E-state index contributed by atoms with van der Waals surface area (Å²) in [7, 11) is 0. The second kappa shape index (κ2) is 16.6. The van der Waals surface area contributed by atoms with Gasteiger partial charge in [0.1, 0.15) is 23.4 Å². The lowest BCUT2D eigenvalue weighted by molar-refractivity contribution is -0.142. The van der Waals surface area contributed by atoms with Crippen molar-refractivity contribution in [3.63, 3.8) is 0 Å². The van der Waals surface area contributed by atoms with E-state index in [1.165, 1.54) is 12.5 Å².